The lowest BCUT2D eigenvalue weighted by Gasteiger charge is -2.24. The van der Waals surface area contributed by atoms with Gasteiger partial charge in [0.1, 0.15) is 11.9 Å². The maximum Gasteiger partial charge on any atom is 0.124 e. The largest absolute Gasteiger partial charge is 0.382 e. The fourth-order valence-corrected chi connectivity index (χ4v) is 1.75. The first-order chi connectivity index (χ1) is 8.29. The molecule has 90 valence electrons. The normalized spacial score (nSPS) is 19.6. The van der Waals surface area contributed by atoms with Gasteiger partial charge in [-0.05, 0) is 18.2 Å². The topological polar surface area (TPSA) is 57.1 Å². The Hall–Kier alpha value is -1.64. The minimum Gasteiger partial charge on any atom is -0.382 e. The van der Waals surface area contributed by atoms with E-state index in [1.807, 2.05) is 6.07 Å². The highest BCUT2D eigenvalue weighted by Crippen LogP contribution is 2.15. The number of ether oxygens (including phenoxy) is 1. The molecule has 1 aromatic carbocycles. The zero-order chi connectivity index (χ0) is 12.1. The van der Waals surface area contributed by atoms with E-state index >= 15 is 0 Å². The third-order valence-electron chi connectivity index (χ3n) is 2.64. The fraction of sp³-hybridized carbons (Fsp3) is 0.417. The van der Waals surface area contributed by atoms with Crippen molar-refractivity contribution in [2.45, 2.75) is 6.04 Å². The van der Waals surface area contributed by atoms with Gasteiger partial charge < -0.3 is 15.4 Å². The van der Waals surface area contributed by atoms with Crippen molar-refractivity contribution in [3.63, 3.8) is 0 Å². The van der Waals surface area contributed by atoms with Crippen LogP contribution in [-0.2, 0) is 4.74 Å². The Labute approximate surface area is 99.4 Å². The Kier molecular flexibility index (Phi) is 3.91. The molecule has 1 aliphatic rings. The van der Waals surface area contributed by atoms with E-state index in [9.17, 15) is 4.39 Å². The molecule has 0 aromatic heterocycles. The Bertz CT molecular complexity index is 424. The number of benzene rings is 1. The van der Waals surface area contributed by atoms with E-state index in [0.717, 1.165) is 13.2 Å². The Morgan fingerprint density at radius 1 is 1.59 bits per heavy atom. The summed E-state index contributed by atoms with van der Waals surface area (Å²) in [4.78, 5) is 0. The highest BCUT2D eigenvalue weighted by atomic mass is 19.1. The fourth-order valence-electron chi connectivity index (χ4n) is 1.75. The molecule has 1 saturated heterocycles. The summed E-state index contributed by atoms with van der Waals surface area (Å²) in [5.41, 5.74) is 0.975. The summed E-state index contributed by atoms with van der Waals surface area (Å²) in [6.07, 6.45) is 0. The molecular formula is C12H14FN3O. The molecule has 0 spiro atoms. The Morgan fingerprint density at radius 2 is 2.47 bits per heavy atom. The van der Waals surface area contributed by atoms with E-state index in [4.69, 9.17) is 10.00 Å². The average molecular weight is 235 g/mol. The van der Waals surface area contributed by atoms with E-state index in [1.54, 1.807) is 6.07 Å². The minimum atomic E-state index is -0.397. The molecule has 1 fully saturated rings. The molecular weight excluding hydrogens is 221 g/mol. The predicted octanol–water partition coefficient (Wildman–Crippen LogP) is 1.10. The standard InChI is InChI=1S/C12H14FN3O/c13-10-1-2-12(9(5-10)6-14)16-7-11-8-17-4-3-15-11/h1-2,5,11,15-16H,3-4,7-8H2. The molecule has 0 saturated carbocycles. The number of morpholine rings is 1. The SMILES string of the molecule is N#Cc1cc(F)ccc1NCC1COCCN1. The number of hydrogen-bond acceptors (Lipinski definition) is 4. The molecule has 1 aromatic rings. The summed E-state index contributed by atoms with van der Waals surface area (Å²) >= 11 is 0. The van der Waals surface area contributed by atoms with Gasteiger partial charge in [0.2, 0.25) is 0 Å². The van der Waals surface area contributed by atoms with Gasteiger partial charge in [0.05, 0.1) is 24.5 Å². The van der Waals surface area contributed by atoms with Gasteiger partial charge in [-0.25, -0.2) is 4.39 Å². The molecule has 1 heterocycles. The average Bonchev–Trinajstić information content (AvgIpc) is 2.38. The first-order valence-electron chi connectivity index (χ1n) is 5.54. The highest BCUT2D eigenvalue weighted by Gasteiger charge is 2.13. The van der Waals surface area contributed by atoms with Crippen LogP contribution in [0.25, 0.3) is 0 Å². The van der Waals surface area contributed by atoms with E-state index < -0.39 is 5.82 Å². The summed E-state index contributed by atoms with van der Waals surface area (Å²) in [6, 6.07) is 6.34. The molecule has 0 radical (unpaired) electrons. The van der Waals surface area contributed by atoms with E-state index in [0.29, 0.717) is 24.4 Å². The van der Waals surface area contributed by atoms with E-state index in [1.165, 1.54) is 12.1 Å². The second kappa shape index (κ2) is 5.62. The van der Waals surface area contributed by atoms with Gasteiger partial charge in [-0.1, -0.05) is 0 Å². The highest BCUT2D eigenvalue weighted by molar-refractivity contribution is 5.57. The van der Waals surface area contributed by atoms with Crippen LogP contribution < -0.4 is 10.6 Å². The molecule has 1 unspecified atom stereocenters. The van der Waals surface area contributed by atoms with Crippen molar-refractivity contribution in [3.05, 3.63) is 29.6 Å². The van der Waals surface area contributed by atoms with Crippen LogP contribution in [-0.4, -0.2) is 32.3 Å². The number of rotatable bonds is 3. The lowest BCUT2D eigenvalue weighted by Crippen LogP contribution is -2.45. The molecule has 2 N–H and O–H groups in total. The van der Waals surface area contributed by atoms with Crippen molar-refractivity contribution in [1.82, 2.24) is 5.32 Å². The maximum atomic E-state index is 12.9. The molecule has 4 nitrogen and oxygen atoms in total. The summed E-state index contributed by atoms with van der Waals surface area (Å²) in [5, 5.41) is 15.3. The van der Waals surface area contributed by atoms with Crippen LogP contribution in [0.5, 0.6) is 0 Å². The van der Waals surface area contributed by atoms with Gasteiger partial charge >= 0.3 is 0 Å². The van der Waals surface area contributed by atoms with Crippen molar-refractivity contribution in [3.8, 4) is 6.07 Å². The number of anilines is 1. The Balaban J connectivity index is 1.96. The molecule has 17 heavy (non-hydrogen) atoms. The van der Waals surface area contributed by atoms with Gasteiger partial charge in [-0.2, -0.15) is 5.26 Å². The second-order valence-electron chi connectivity index (χ2n) is 3.91. The van der Waals surface area contributed by atoms with Crippen LogP contribution in [0, 0.1) is 17.1 Å². The molecule has 2 rings (SSSR count). The molecule has 0 bridgehead atoms. The van der Waals surface area contributed by atoms with Crippen LogP contribution in [0.1, 0.15) is 5.56 Å². The smallest absolute Gasteiger partial charge is 0.124 e. The van der Waals surface area contributed by atoms with Gasteiger partial charge in [0, 0.05) is 19.1 Å². The third kappa shape index (κ3) is 3.16. The molecule has 0 amide bonds. The molecule has 1 atom stereocenters. The van der Waals surface area contributed by atoms with Crippen molar-refractivity contribution < 1.29 is 9.13 Å². The first kappa shape index (κ1) is 11.8. The number of halogens is 1. The zero-order valence-corrected chi connectivity index (χ0v) is 9.37. The summed E-state index contributed by atoms with van der Waals surface area (Å²) in [6.45, 7) is 2.87. The maximum absolute atomic E-state index is 12.9. The molecule has 1 aliphatic heterocycles. The summed E-state index contributed by atoms with van der Waals surface area (Å²) < 4.78 is 18.2. The number of nitrogens with zero attached hydrogens (tertiary/aromatic N) is 1. The van der Waals surface area contributed by atoms with Crippen LogP contribution in [0.4, 0.5) is 10.1 Å². The van der Waals surface area contributed by atoms with Crippen molar-refractivity contribution >= 4 is 5.69 Å². The first-order valence-corrected chi connectivity index (χ1v) is 5.54. The Morgan fingerprint density at radius 3 is 3.18 bits per heavy atom. The lowest BCUT2D eigenvalue weighted by atomic mass is 10.2. The van der Waals surface area contributed by atoms with E-state index in [-0.39, 0.29) is 6.04 Å². The number of hydrogen-bond donors (Lipinski definition) is 2. The molecule has 5 heteroatoms. The predicted molar refractivity (Wildman–Crippen MR) is 62.2 cm³/mol. The van der Waals surface area contributed by atoms with Crippen molar-refractivity contribution in [2.75, 3.05) is 31.6 Å². The van der Waals surface area contributed by atoms with Crippen LogP contribution in [0.2, 0.25) is 0 Å². The van der Waals surface area contributed by atoms with Gasteiger partial charge in [0.15, 0.2) is 0 Å². The van der Waals surface area contributed by atoms with Gasteiger partial charge in [-0.3, -0.25) is 0 Å². The summed E-state index contributed by atoms with van der Waals surface area (Å²) in [7, 11) is 0. The third-order valence-corrected chi connectivity index (χ3v) is 2.64. The monoisotopic (exact) mass is 235 g/mol. The van der Waals surface area contributed by atoms with Crippen LogP contribution in [0.3, 0.4) is 0 Å². The lowest BCUT2D eigenvalue weighted by molar-refractivity contribution is 0.0806. The van der Waals surface area contributed by atoms with Gasteiger partial charge in [0.25, 0.3) is 0 Å². The summed E-state index contributed by atoms with van der Waals surface area (Å²) in [5.74, 6) is -0.397. The second-order valence-corrected chi connectivity index (χ2v) is 3.91. The minimum absolute atomic E-state index is 0.223. The van der Waals surface area contributed by atoms with E-state index in [2.05, 4.69) is 10.6 Å². The van der Waals surface area contributed by atoms with Crippen molar-refractivity contribution in [1.29, 1.82) is 5.26 Å². The van der Waals surface area contributed by atoms with Crippen LogP contribution in [0.15, 0.2) is 18.2 Å². The number of nitrogens with one attached hydrogen (secondary N) is 2. The molecule has 0 aliphatic carbocycles. The quantitative estimate of drug-likeness (QED) is 0.823. The van der Waals surface area contributed by atoms with Crippen molar-refractivity contribution in [2.24, 2.45) is 0 Å². The zero-order valence-electron chi connectivity index (χ0n) is 9.37. The van der Waals surface area contributed by atoms with Gasteiger partial charge in [-0.15, -0.1) is 0 Å². The van der Waals surface area contributed by atoms with Crippen LogP contribution >= 0.6 is 0 Å². The number of nitriles is 1.